The summed E-state index contributed by atoms with van der Waals surface area (Å²) < 4.78 is 0. The number of alkyl halides is 1. The van der Waals surface area contributed by atoms with Gasteiger partial charge in [-0.05, 0) is 6.42 Å². The second-order valence-corrected chi connectivity index (χ2v) is 2.33. The molecule has 0 aliphatic carbocycles. The lowest BCUT2D eigenvalue weighted by Gasteiger charge is -1.84. The number of hydrogen-bond donors (Lipinski definition) is 2. The second-order valence-electron chi connectivity index (χ2n) is 1.95. The molecule has 0 amide bonds. The van der Waals surface area contributed by atoms with Crippen LogP contribution >= 0.6 is 11.6 Å². The molecule has 0 radical (unpaired) electrons. The number of aliphatic hydroxyl groups is 1. The minimum Gasteiger partial charge on any atom is -0.480 e. The topological polar surface area (TPSA) is 57.5 Å². The van der Waals surface area contributed by atoms with E-state index in [0.717, 1.165) is 5.88 Å². The smallest absolute Gasteiger partial charge is 0.329 e. The molecule has 0 spiro atoms. The van der Waals surface area contributed by atoms with Crippen molar-refractivity contribution in [1.29, 1.82) is 0 Å². The van der Waals surface area contributed by atoms with Crippen molar-refractivity contribution in [3.05, 3.63) is 0 Å². The summed E-state index contributed by atoms with van der Waals surface area (Å²) in [6, 6.07) is 0. The predicted octanol–water partition coefficient (Wildman–Crippen LogP) is 1.48. The molecule has 0 saturated carbocycles. The molecular formula is C7H15ClO3. The molecule has 0 aromatic heterocycles. The quantitative estimate of drug-likeness (QED) is 0.512. The van der Waals surface area contributed by atoms with Crippen LogP contribution in [0, 0.1) is 0 Å². The van der Waals surface area contributed by atoms with Crippen molar-refractivity contribution in [1.82, 2.24) is 0 Å². The lowest BCUT2D eigenvalue weighted by Crippen LogP contribution is -1.98. The van der Waals surface area contributed by atoms with Gasteiger partial charge in [-0.25, -0.2) is 4.79 Å². The molecule has 0 aromatic rings. The van der Waals surface area contributed by atoms with Gasteiger partial charge in [-0.3, -0.25) is 0 Å². The minimum atomic E-state index is -1.19. The van der Waals surface area contributed by atoms with Crippen LogP contribution in [-0.4, -0.2) is 28.7 Å². The average Bonchev–Trinajstić information content (AvgIpc) is 2.02. The third kappa shape index (κ3) is 26.0. The van der Waals surface area contributed by atoms with Gasteiger partial charge in [-0.1, -0.05) is 19.8 Å². The molecule has 0 bridgehead atoms. The van der Waals surface area contributed by atoms with Crippen LogP contribution in [0.15, 0.2) is 0 Å². The number of aliphatic hydroxyl groups excluding tert-OH is 1. The number of carbonyl (C=O) groups is 1. The summed E-state index contributed by atoms with van der Waals surface area (Å²) in [5.74, 6) is -0.363. The molecule has 0 rings (SSSR count). The van der Waals surface area contributed by atoms with Gasteiger partial charge in [0.25, 0.3) is 0 Å². The summed E-state index contributed by atoms with van der Waals surface area (Å²) in [7, 11) is 0. The van der Waals surface area contributed by atoms with E-state index in [2.05, 4.69) is 6.92 Å². The maximum absolute atomic E-state index is 9.12. The van der Waals surface area contributed by atoms with Gasteiger partial charge in [0.15, 0.2) is 0 Å². The highest BCUT2D eigenvalue weighted by atomic mass is 35.5. The Morgan fingerprint density at radius 3 is 2.00 bits per heavy atom. The summed E-state index contributed by atoms with van der Waals surface area (Å²) in [6.07, 6.45) is 3.73. The summed E-state index contributed by atoms with van der Waals surface area (Å²) in [5, 5.41) is 15.0. The van der Waals surface area contributed by atoms with Gasteiger partial charge in [0.05, 0.1) is 0 Å². The minimum absolute atomic E-state index is 0.778. The summed E-state index contributed by atoms with van der Waals surface area (Å²) in [4.78, 5) is 9.12. The Balaban J connectivity index is 0. The van der Waals surface area contributed by atoms with E-state index in [1.807, 2.05) is 0 Å². The number of aliphatic carboxylic acids is 1. The number of halogens is 1. The Kier molecular flexibility index (Phi) is 15.0. The van der Waals surface area contributed by atoms with Crippen molar-refractivity contribution in [2.75, 3.05) is 12.5 Å². The Labute approximate surface area is 72.0 Å². The first kappa shape index (κ1) is 13.3. The lowest BCUT2D eigenvalue weighted by molar-refractivity contribution is -0.140. The van der Waals surface area contributed by atoms with Gasteiger partial charge < -0.3 is 10.2 Å². The first-order valence-electron chi connectivity index (χ1n) is 3.57. The van der Waals surface area contributed by atoms with Gasteiger partial charge in [0.2, 0.25) is 0 Å². The molecular weight excluding hydrogens is 168 g/mol. The zero-order valence-corrected chi connectivity index (χ0v) is 7.47. The summed E-state index contributed by atoms with van der Waals surface area (Å²) >= 11 is 5.38. The molecule has 0 heterocycles. The Morgan fingerprint density at radius 1 is 1.45 bits per heavy atom. The number of carboxylic acids is 1. The van der Waals surface area contributed by atoms with Crippen LogP contribution in [0.2, 0.25) is 0 Å². The van der Waals surface area contributed by atoms with Crippen molar-refractivity contribution < 1.29 is 15.0 Å². The van der Waals surface area contributed by atoms with Gasteiger partial charge >= 0.3 is 5.97 Å². The maximum Gasteiger partial charge on any atom is 0.329 e. The fourth-order valence-electron chi connectivity index (χ4n) is 0.344. The molecule has 0 atom stereocenters. The van der Waals surface area contributed by atoms with Crippen LogP contribution in [0.1, 0.15) is 26.2 Å². The number of carboxylic acid groups (broad SMARTS) is 1. The zero-order chi connectivity index (χ0) is 9.11. The maximum atomic E-state index is 9.12. The fraction of sp³-hybridized carbons (Fsp3) is 0.857. The van der Waals surface area contributed by atoms with Gasteiger partial charge in [-0.2, -0.15) is 0 Å². The van der Waals surface area contributed by atoms with E-state index in [-0.39, 0.29) is 0 Å². The highest BCUT2D eigenvalue weighted by Crippen LogP contribution is 1.93. The molecule has 0 aliphatic heterocycles. The van der Waals surface area contributed by atoms with Gasteiger partial charge in [-0.15, -0.1) is 11.6 Å². The Hall–Kier alpha value is -0.280. The van der Waals surface area contributed by atoms with E-state index in [0.29, 0.717) is 0 Å². The second kappa shape index (κ2) is 12.4. The molecule has 68 valence electrons. The number of rotatable bonds is 4. The molecule has 11 heavy (non-hydrogen) atoms. The molecule has 4 heteroatoms. The SMILES string of the molecule is CCCCCCl.O=C(O)CO. The number of unbranched alkanes of at least 4 members (excludes halogenated alkanes) is 2. The van der Waals surface area contributed by atoms with E-state index < -0.39 is 12.6 Å². The van der Waals surface area contributed by atoms with E-state index >= 15 is 0 Å². The largest absolute Gasteiger partial charge is 0.480 e. The van der Waals surface area contributed by atoms with E-state index in [1.165, 1.54) is 19.3 Å². The summed E-state index contributed by atoms with van der Waals surface area (Å²) in [6.45, 7) is 1.40. The highest BCUT2D eigenvalue weighted by molar-refractivity contribution is 6.17. The predicted molar refractivity (Wildman–Crippen MR) is 45.0 cm³/mol. The zero-order valence-electron chi connectivity index (χ0n) is 6.72. The van der Waals surface area contributed by atoms with Crippen LogP contribution in [0.4, 0.5) is 0 Å². The van der Waals surface area contributed by atoms with Gasteiger partial charge in [0, 0.05) is 5.88 Å². The van der Waals surface area contributed by atoms with Crippen molar-refractivity contribution in [3.63, 3.8) is 0 Å². The van der Waals surface area contributed by atoms with Crippen molar-refractivity contribution in [3.8, 4) is 0 Å². The van der Waals surface area contributed by atoms with E-state index in [1.54, 1.807) is 0 Å². The van der Waals surface area contributed by atoms with Crippen LogP contribution in [-0.2, 0) is 4.79 Å². The molecule has 0 aromatic carbocycles. The van der Waals surface area contributed by atoms with Crippen LogP contribution in [0.5, 0.6) is 0 Å². The molecule has 3 nitrogen and oxygen atoms in total. The monoisotopic (exact) mass is 182 g/mol. The first-order valence-corrected chi connectivity index (χ1v) is 4.11. The molecule has 0 saturated heterocycles. The fourth-order valence-corrected chi connectivity index (χ4v) is 0.533. The Morgan fingerprint density at radius 2 is 1.91 bits per heavy atom. The van der Waals surface area contributed by atoms with E-state index in [9.17, 15) is 0 Å². The first-order chi connectivity index (χ1) is 5.18. The molecule has 2 N–H and O–H groups in total. The van der Waals surface area contributed by atoms with E-state index in [4.69, 9.17) is 26.6 Å². The van der Waals surface area contributed by atoms with Crippen LogP contribution in [0.25, 0.3) is 0 Å². The average molecular weight is 183 g/mol. The van der Waals surface area contributed by atoms with Crippen molar-refractivity contribution in [2.45, 2.75) is 26.2 Å². The number of hydrogen-bond acceptors (Lipinski definition) is 2. The Bertz CT molecular complexity index is 81.8. The molecule has 0 unspecified atom stereocenters. The standard InChI is InChI=1S/C5H11Cl.C2H4O3/c1-2-3-4-5-6;3-1-2(4)5/h2-5H2,1H3;3H,1H2,(H,4,5). The molecule has 0 fully saturated rings. The van der Waals surface area contributed by atoms with Crippen molar-refractivity contribution in [2.24, 2.45) is 0 Å². The van der Waals surface area contributed by atoms with Gasteiger partial charge in [0.1, 0.15) is 6.61 Å². The van der Waals surface area contributed by atoms with Crippen molar-refractivity contribution >= 4 is 17.6 Å². The third-order valence-corrected chi connectivity index (χ3v) is 1.14. The highest BCUT2D eigenvalue weighted by Gasteiger charge is 1.82. The third-order valence-electron chi connectivity index (χ3n) is 0.872. The van der Waals surface area contributed by atoms with Crippen LogP contribution in [0.3, 0.4) is 0 Å². The summed E-state index contributed by atoms with van der Waals surface area (Å²) in [5.41, 5.74) is 0. The molecule has 0 aliphatic rings. The van der Waals surface area contributed by atoms with Crippen LogP contribution < -0.4 is 0 Å². The normalized spacial score (nSPS) is 8.27. The lowest BCUT2D eigenvalue weighted by atomic mass is 10.3.